The van der Waals surface area contributed by atoms with Gasteiger partial charge >= 0.3 is 6.39 Å². The van der Waals surface area contributed by atoms with Crippen molar-refractivity contribution in [3.05, 3.63) is 36.6 Å². The summed E-state index contributed by atoms with van der Waals surface area (Å²) in [6.45, 7) is 8.41. The van der Waals surface area contributed by atoms with Crippen LogP contribution in [-0.2, 0) is 5.54 Å². The molecular weight excluding hydrogens is 200 g/mol. The number of oxazole rings is 1. The molecule has 2 aromatic heterocycles. The fourth-order valence-corrected chi connectivity index (χ4v) is 1.49. The summed E-state index contributed by atoms with van der Waals surface area (Å²) in [5, 5.41) is 0. The van der Waals surface area contributed by atoms with Crippen LogP contribution in [0.3, 0.4) is 0 Å². The summed E-state index contributed by atoms with van der Waals surface area (Å²) in [4.78, 5) is 4.17. The predicted octanol–water partition coefficient (Wildman–Crippen LogP) is 2.69. The lowest BCUT2D eigenvalue weighted by atomic mass is 10.1. The number of pyridine rings is 1. The van der Waals surface area contributed by atoms with Gasteiger partial charge in [-0.2, -0.15) is 4.57 Å². The van der Waals surface area contributed by atoms with Crippen molar-refractivity contribution in [2.24, 2.45) is 0 Å². The van der Waals surface area contributed by atoms with E-state index < -0.39 is 0 Å². The van der Waals surface area contributed by atoms with Gasteiger partial charge in [0.25, 0.3) is 0 Å². The third-order valence-electron chi connectivity index (χ3n) is 2.51. The van der Waals surface area contributed by atoms with E-state index in [1.807, 2.05) is 25.3 Å². The van der Waals surface area contributed by atoms with Gasteiger partial charge in [-0.15, -0.1) is 0 Å². The van der Waals surface area contributed by atoms with Crippen LogP contribution in [0.15, 0.2) is 35.3 Å². The van der Waals surface area contributed by atoms with Crippen LogP contribution in [0, 0.1) is 6.92 Å². The van der Waals surface area contributed by atoms with Crippen molar-refractivity contribution < 1.29 is 8.98 Å². The molecule has 0 aliphatic rings. The summed E-state index contributed by atoms with van der Waals surface area (Å²) < 4.78 is 7.63. The first kappa shape index (κ1) is 10.9. The molecule has 0 bridgehead atoms. The van der Waals surface area contributed by atoms with Crippen LogP contribution < -0.4 is 4.57 Å². The number of aromatic nitrogens is 2. The lowest BCUT2D eigenvalue weighted by Crippen LogP contribution is -2.48. The highest BCUT2D eigenvalue weighted by atomic mass is 16.3. The van der Waals surface area contributed by atoms with Gasteiger partial charge in [0.1, 0.15) is 0 Å². The molecule has 0 aliphatic heterocycles. The molecule has 0 fully saturated rings. The van der Waals surface area contributed by atoms with E-state index in [2.05, 4.69) is 30.3 Å². The Morgan fingerprint density at radius 2 is 2.06 bits per heavy atom. The second-order valence-corrected chi connectivity index (χ2v) is 4.98. The highest BCUT2D eigenvalue weighted by Gasteiger charge is 2.24. The van der Waals surface area contributed by atoms with Crippen LogP contribution in [0.25, 0.3) is 11.3 Å². The monoisotopic (exact) mass is 217 g/mol. The average molecular weight is 217 g/mol. The molecular formula is C13H17N2O+. The molecule has 3 heteroatoms. The highest BCUT2D eigenvalue weighted by Crippen LogP contribution is 2.19. The van der Waals surface area contributed by atoms with Gasteiger partial charge in [-0.25, -0.2) is 0 Å². The average Bonchev–Trinajstić information content (AvgIpc) is 2.65. The van der Waals surface area contributed by atoms with Gasteiger partial charge in [0, 0.05) is 38.2 Å². The minimum Gasteiger partial charge on any atom is -0.404 e. The Morgan fingerprint density at radius 1 is 1.31 bits per heavy atom. The Bertz CT molecular complexity index is 495. The zero-order valence-corrected chi connectivity index (χ0v) is 10.2. The Morgan fingerprint density at radius 3 is 2.62 bits per heavy atom. The normalized spacial score (nSPS) is 11.8. The van der Waals surface area contributed by atoms with Crippen molar-refractivity contribution in [3.63, 3.8) is 0 Å². The van der Waals surface area contributed by atoms with E-state index in [-0.39, 0.29) is 5.54 Å². The molecule has 0 spiro atoms. The Labute approximate surface area is 95.8 Å². The van der Waals surface area contributed by atoms with Crippen molar-refractivity contribution >= 4 is 0 Å². The van der Waals surface area contributed by atoms with E-state index in [4.69, 9.17) is 4.42 Å². The van der Waals surface area contributed by atoms with E-state index in [9.17, 15) is 0 Å². The Kier molecular flexibility index (Phi) is 2.54. The second kappa shape index (κ2) is 3.74. The van der Waals surface area contributed by atoms with Gasteiger partial charge in [-0.3, -0.25) is 4.98 Å². The largest absolute Gasteiger partial charge is 0.404 e. The van der Waals surface area contributed by atoms with Crippen molar-refractivity contribution in [2.45, 2.75) is 33.2 Å². The third kappa shape index (κ3) is 2.13. The molecule has 0 aromatic carbocycles. The second-order valence-electron chi connectivity index (χ2n) is 4.98. The number of hydrogen-bond donors (Lipinski definition) is 0. The summed E-state index contributed by atoms with van der Waals surface area (Å²) in [6.07, 6.45) is 5.58. The van der Waals surface area contributed by atoms with Crippen LogP contribution in [0.4, 0.5) is 0 Å². The van der Waals surface area contributed by atoms with Crippen LogP contribution in [0.1, 0.15) is 26.5 Å². The predicted molar refractivity (Wildman–Crippen MR) is 61.9 cm³/mol. The molecule has 2 heterocycles. The molecule has 0 unspecified atom stereocenters. The minimum absolute atomic E-state index is 0.0455. The molecule has 0 saturated carbocycles. The summed E-state index contributed by atoms with van der Waals surface area (Å²) in [5.41, 5.74) is 2.11. The smallest absolute Gasteiger partial charge is 0.335 e. The van der Waals surface area contributed by atoms with E-state index in [0.29, 0.717) is 0 Å². The van der Waals surface area contributed by atoms with Crippen LogP contribution in [0.5, 0.6) is 0 Å². The first-order valence-corrected chi connectivity index (χ1v) is 5.40. The lowest BCUT2D eigenvalue weighted by molar-refractivity contribution is -0.756. The Hall–Kier alpha value is -1.64. The van der Waals surface area contributed by atoms with E-state index >= 15 is 0 Å². The zero-order valence-electron chi connectivity index (χ0n) is 10.2. The van der Waals surface area contributed by atoms with Crippen LogP contribution in [-0.4, -0.2) is 4.98 Å². The molecule has 0 N–H and O–H groups in total. The summed E-state index contributed by atoms with van der Waals surface area (Å²) in [6, 6.07) is 3.98. The molecule has 0 aliphatic carbocycles. The van der Waals surface area contributed by atoms with Crippen molar-refractivity contribution in [2.75, 3.05) is 0 Å². The molecule has 0 amide bonds. The molecule has 2 rings (SSSR count). The van der Waals surface area contributed by atoms with E-state index in [1.54, 1.807) is 12.6 Å². The van der Waals surface area contributed by atoms with E-state index in [0.717, 1.165) is 17.0 Å². The topological polar surface area (TPSA) is 29.9 Å². The third-order valence-corrected chi connectivity index (χ3v) is 2.51. The van der Waals surface area contributed by atoms with Gasteiger partial charge < -0.3 is 4.42 Å². The first-order valence-electron chi connectivity index (χ1n) is 5.40. The number of rotatable bonds is 1. The van der Waals surface area contributed by atoms with Gasteiger partial charge in [0.15, 0.2) is 5.54 Å². The molecule has 3 nitrogen and oxygen atoms in total. The maximum absolute atomic E-state index is 5.57. The van der Waals surface area contributed by atoms with Crippen LogP contribution in [0.2, 0.25) is 0 Å². The van der Waals surface area contributed by atoms with Crippen molar-refractivity contribution in [1.82, 2.24) is 4.98 Å². The fourth-order valence-electron chi connectivity index (χ4n) is 1.49. The molecule has 16 heavy (non-hydrogen) atoms. The van der Waals surface area contributed by atoms with E-state index in [1.165, 1.54) is 0 Å². The van der Waals surface area contributed by atoms with Gasteiger partial charge in [0.2, 0.25) is 12.0 Å². The molecule has 0 atom stereocenters. The minimum atomic E-state index is 0.0455. The summed E-state index contributed by atoms with van der Waals surface area (Å²) in [5.74, 6) is 0.875. The maximum atomic E-state index is 5.57. The SMILES string of the molecule is Cc1cc(-c2c[n+](C(C)(C)C)co2)ccn1. The zero-order chi connectivity index (χ0) is 11.8. The summed E-state index contributed by atoms with van der Waals surface area (Å²) in [7, 11) is 0. The van der Waals surface area contributed by atoms with Crippen molar-refractivity contribution in [1.29, 1.82) is 0 Å². The summed E-state index contributed by atoms with van der Waals surface area (Å²) >= 11 is 0. The highest BCUT2D eigenvalue weighted by molar-refractivity contribution is 5.55. The van der Waals surface area contributed by atoms with Crippen molar-refractivity contribution in [3.8, 4) is 11.3 Å². The maximum Gasteiger partial charge on any atom is 0.335 e. The standard InChI is InChI=1S/C13H17N2O/c1-10-7-11(5-6-14-10)12-8-15(9-16-12)13(2,3)4/h5-9H,1-4H3/q+1. The molecule has 84 valence electrons. The van der Waals surface area contributed by atoms with Gasteiger partial charge in [-0.05, 0) is 19.1 Å². The molecule has 0 radical (unpaired) electrons. The molecule has 2 aromatic rings. The number of nitrogens with zero attached hydrogens (tertiary/aromatic N) is 2. The van der Waals surface area contributed by atoms with Crippen LogP contribution >= 0.6 is 0 Å². The quantitative estimate of drug-likeness (QED) is 0.687. The first-order chi connectivity index (χ1) is 7.47. The fraction of sp³-hybridized carbons (Fsp3) is 0.385. The number of aryl methyl sites for hydroxylation is 1. The lowest BCUT2D eigenvalue weighted by Gasteiger charge is -2.07. The number of hydrogen-bond acceptors (Lipinski definition) is 2. The van der Waals surface area contributed by atoms with Gasteiger partial charge in [-0.1, -0.05) is 0 Å². The molecule has 0 saturated heterocycles. The Balaban J connectivity index is 2.39. The van der Waals surface area contributed by atoms with Gasteiger partial charge in [0.05, 0.1) is 0 Å².